The lowest BCUT2D eigenvalue weighted by Crippen LogP contribution is -2.41. The summed E-state index contributed by atoms with van der Waals surface area (Å²) >= 11 is 0. The van der Waals surface area contributed by atoms with Gasteiger partial charge in [0, 0.05) is 71.6 Å². The summed E-state index contributed by atoms with van der Waals surface area (Å²) in [6.45, 7) is 10.3. The molecule has 0 aromatic heterocycles. The van der Waals surface area contributed by atoms with E-state index in [1.165, 1.54) is 5.56 Å². The number of hydrogen-bond donors (Lipinski definition) is 0. The van der Waals surface area contributed by atoms with E-state index in [1.807, 2.05) is 30.3 Å². The summed E-state index contributed by atoms with van der Waals surface area (Å²) in [5.41, 5.74) is 2.33. The van der Waals surface area contributed by atoms with Crippen molar-refractivity contribution in [3.8, 4) is 0 Å². The zero-order valence-electron chi connectivity index (χ0n) is 28.2. The van der Waals surface area contributed by atoms with Crippen molar-refractivity contribution in [3.63, 3.8) is 0 Å². The second-order valence-electron chi connectivity index (χ2n) is 13.3. The van der Waals surface area contributed by atoms with Crippen molar-refractivity contribution < 1.29 is 28.8 Å². The van der Waals surface area contributed by atoms with Crippen molar-refractivity contribution >= 4 is 23.8 Å². The maximum absolute atomic E-state index is 12.9. The fourth-order valence-corrected chi connectivity index (χ4v) is 6.79. The SMILES string of the molecule is O=C(CN1CCCN2CCN(CCc3ccccc3)CCCN(CC1)CC(CCC(=O)ON1C(=O)CCC1=O)C2)OCc1ccccc1. The molecule has 2 amide bonds. The molecule has 2 aromatic carbocycles. The molecule has 2 aromatic rings. The van der Waals surface area contributed by atoms with Crippen LogP contribution < -0.4 is 0 Å². The van der Waals surface area contributed by atoms with Gasteiger partial charge in [0.1, 0.15) is 6.61 Å². The summed E-state index contributed by atoms with van der Waals surface area (Å²) in [4.78, 5) is 64.6. The number of hydroxylamine groups is 2. The minimum atomic E-state index is -0.539. The molecule has 3 unspecified atom stereocenters. The first-order valence-electron chi connectivity index (χ1n) is 17.6. The molecule has 3 heterocycles. The summed E-state index contributed by atoms with van der Waals surface area (Å²) in [6.07, 6.45) is 3.89. The lowest BCUT2D eigenvalue weighted by molar-refractivity contribution is -0.197. The van der Waals surface area contributed by atoms with E-state index in [4.69, 9.17) is 9.57 Å². The summed E-state index contributed by atoms with van der Waals surface area (Å²) in [5.74, 6) is -1.45. The molecule has 3 fully saturated rings. The smallest absolute Gasteiger partial charge is 0.333 e. The van der Waals surface area contributed by atoms with Gasteiger partial charge in [-0.2, -0.15) is 0 Å². The molecule has 11 heteroatoms. The number of imide groups is 1. The second kappa shape index (κ2) is 18.8. The molecule has 3 aliphatic rings. The Morgan fingerprint density at radius 2 is 1.25 bits per heavy atom. The van der Waals surface area contributed by atoms with Gasteiger partial charge in [0.2, 0.25) is 0 Å². The molecule has 0 aliphatic carbocycles. The van der Waals surface area contributed by atoms with E-state index in [1.54, 1.807) is 0 Å². The number of esters is 1. The molecule has 2 bridgehead atoms. The van der Waals surface area contributed by atoms with Crippen LogP contribution >= 0.6 is 0 Å². The predicted octanol–water partition coefficient (Wildman–Crippen LogP) is 2.99. The Kier molecular flexibility index (Phi) is 14.0. The number of rotatable bonds is 11. The Hall–Kier alpha value is -3.64. The van der Waals surface area contributed by atoms with E-state index >= 15 is 0 Å². The van der Waals surface area contributed by atoms with Crippen molar-refractivity contribution in [1.29, 1.82) is 0 Å². The van der Waals surface area contributed by atoms with Crippen molar-refractivity contribution in [3.05, 3.63) is 71.8 Å². The van der Waals surface area contributed by atoms with E-state index in [0.29, 0.717) is 11.5 Å². The Morgan fingerprint density at radius 3 is 1.90 bits per heavy atom. The van der Waals surface area contributed by atoms with Crippen LogP contribution in [0, 0.1) is 5.92 Å². The minimum Gasteiger partial charge on any atom is -0.460 e. The highest BCUT2D eigenvalue weighted by molar-refractivity contribution is 6.01. The maximum atomic E-state index is 12.9. The molecule has 3 atom stereocenters. The summed E-state index contributed by atoms with van der Waals surface area (Å²) in [5, 5.41) is 0.643. The molecule has 0 spiro atoms. The number of amides is 2. The lowest BCUT2D eigenvalue weighted by Gasteiger charge is -2.31. The summed E-state index contributed by atoms with van der Waals surface area (Å²) < 4.78 is 5.63. The Balaban J connectivity index is 1.22. The second-order valence-corrected chi connectivity index (χ2v) is 13.3. The van der Waals surface area contributed by atoms with Crippen molar-refractivity contribution in [2.75, 3.05) is 78.5 Å². The third-order valence-electron chi connectivity index (χ3n) is 9.51. The van der Waals surface area contributed by atoms with Gasteiger partial charge in [0.15, 0.2) is 0 Å². The topological polar surface area (TPSA) is 103 Å². The van der Waals surface area contributed by atoms with Gasteiger partial charge in [-0.25, -0.2) is 4.79 Å². The van der Waals surface area contributed by atoms with Gasteiger partial charge >= 0.3 is 11.9 Å². The Labute approximate surface area is 284 Å². The fraction of sp³-hybridized carbons (Fsp3) is 0.568. The first-order valence-corrected chi connectivity index (χ1v) is 17.6. The Morgan fingerprint density at radius 1 is 0.667 bits per heavy atom. The van der Waals surface area contributed by atoms with E-state index in [2.05, 4.69) is 49.9 Å². The fourth-order valence-electron chi connectivity index (χ4n) is 6.79. The van der Waals surface area contributed by atoms with E-state index < -0.39 is 17.8 Å². The highest BCUT2D eigenvalue weighted by atomic mass is 16.7. The molecular weight excluding hydrogens is 610 g/mol. The number of benzene rings is 2. The molecule has 5 rings (SSSR count). The number of fused-ring (bicyclic) bond motifs is 4. The van der Waals surface area contributed by atoms with Crippen LogP contribution in [-0.4, -0.2) is 127 Å². The highest BCUT2D eigenvalue weighted by Gasteiger charge is 2.33. The van der Waals surface area contributed by atoms with Gasteiger partial charge in [0.25, 0.3) is 11.8 Å². The third kappa shape index (κ3) is 11.8. The lowest BCUT2D eigenvalue weighted by atomic mass is 10.0. The normalized spacial score (nSPS) is 23.4. The summed E-state index contributed by atoms with van der Waals surface area (Å²) in [6, 6.07) is 20.4. The molecule has 3 saturated heterocycles. The van der Waals surface area contributed by atoms with Crippen molar-refractivity contribution in [1.82, 2.24) is 24.7 Å². The quantitative estimate of drug-likeness (QED) is 0.264. The zero-order chi connectivity index (χ0) is 33.6. The zero-order valence-corrected chi connectivity index (χ0v) is 28.2. The number of nitrogens with zero attached hydrogens (tertiary/aromatic N) is 5. The van der Waals surface area contributed by atoms with Crippen LogP contribution in [0.15, 0.2) is 60.7 Å². The van der Waals surface area contributed by atoms with Gasteiger partial charge in [0.05, 0.1) is 6.54 Å². The number of carbonyl (C=O) groups is 4. The Bertz CT molecular complexity index is 1310. The number of hydrogen-bond acceptors (Lipinski definition) is 10. The van der Waals surface area contributed by atoms with Crippen molar-refractivity contribution in [2.45, 2.75) is 51.6 Å². The third-order valence-corrected chi connectivity index (χ3v) is 9.51. The highest BCUT2D eigenvalue weighted by Crippen LogP contribution is 2.18. The van der Waals surface area contributed by atoms with Gasteiger partial charge in [-0.15, -0.1) is 5.06 Å². The maximum Gasteiger partial charge on any atom is 0.333 e. The molecular formula is C37H51N5O6. The molecule has 48 heavy (non-hydrogen) atoms. The molecule has 260 valence electrons. The monoisotopic (exact) mass is 661 g/mol. The largest absolute Gasteiger partial charge is 0.460 e. The average molecular weight is 662 g/mol. The van der Waals surface area contributed by atoms with Gasteiger partial charge in [-0.05, 0) is 62.4 Å². The first-order chi connectivity index (χ1) is 23.4. The van der Waals surface area contributed by atoms with Crippen LogP contribution in [0.1, 0.15) is 49.7 Å². The van der Waals surface area contributed by atoms with Crippen LogP contribution in [0.3, 0.4) is 0 Å². The van der Waals surface area contributed by atoms with Crippen LogP contribution in [0.5, 0.6) is 0 Å². The van der Waals surface area contributed by atoms with Gasteiger partial charge < -0.3 is 24.3 Å². The molecule has 3 aliphatic heterocycles. The summed E-state index contributed by atoms with van der Waals surface area (Å²) in [7, 11) is 0. The average Bonchev–Trinajstić information content (AvgIpc) is 3.38. The van der Waals surface area contributed by atoms with Crippen molar-refractivity contribution in [2.24, 2.45) is 5.92 Å². The van der Waals surface area contributed by atoms with Crippen LogP contribution in [0.2, 0.25) is 0 Å². The standard InChI is InChI=1S/C37H51N5O6/c43-34-14-15-35(44)42(34)48-36(45)16-13-33-27-39-20-8-21-41(29-37(46)47-30-32-11-5-2-6-12-32)26-25-40(28-33)19-7-18-38(23-24-39)22-17-31-9-3-1-4-10-31/h1-6,9-12,33H,7-8,13-30H2. The van der Waals surface area contributed by atoms with Gasteiger partial charge in [-0.3, -0.25) is 19.3 Å². The number of ether oxygens (including phenoxy) is 1. The molecule has 0 radical (unpaired) electrons. The molecule has 0 N–H and O–H groups in total. The van der Waals surface area contributed by atoms with Crippen LogP contribution in [0.4, 0.5) is 0 Å². The molecule has 11 nitrogen and oxygen atoms in total. The molecule has 0 saturated carbocycles. The number of carbonyl (C=O) groups excluding carboxylic acids is 4. The van der Waals surface area contributed by atoms with E-state index in [0.717, 1.165) is 96.8 Å². The predicted molar refractivity (Wildman–Crippen MR) is 181 cm³/mol. The van der Waals surface area contributed by atoms with E-state index in [-0.39, 0.29) is 44.3 Å². The minimum absolute atomic E-state index is 0.0861. The first kappa shape index (κ1) is 35.7. The van der Waals surface area contributed by atoms with Gasteiger partial charge in [-0.1, -0.05) is 60.7 Å². The van der Waals surface area contributed by atoms with Crippen LogP contribution in [0.25, 0.3) is 0 Å². The van der Waals surface area contributed by atoms with Crippen LogP contribution in [-0.2, 0) is 41.8 Å². The van der Waals surface area contributed by atoms with E-state index in [9.17, 15) is 19.2 Å².